The average molecular weight is 424 g/mol. The lowest BCUT2D eigenvalue weighted by atomic mass is 10.1. The zero-order valence-corrected chi connectivity index (χ0v) is 15.6. The number of halogens is 3. The molecule has 7 nitrogen and oxygen atoms in total. The van der Waals surface area contributed by atoms with Crippen LogP contribution in [0.3, 0.4) is 0 Å². The maximum Gasteiger partial charge on any atom is 0.251 e. The number of primary amides is 1. The van der Waals surface area contributed by atoms with Crippen LogP contribution in [0.1, 0.15) is 10.4 Å². The third-order valence-corrected chi connectivity index (χ3v) is 4.71. The van der Waals surface area contributed by atoms with Crippen molar-refractivity contribution in [1.82, 2.24) is 14.8 Å². The minimum Gasteiger partial charge on any atom is -0.366 e. The van der Waals surface area contributed by atoms with Gasteiger partial charge in [0, 0.05) is 11.1 Å². The van der Waals surface area contributed by atoms with Gasteiger partial charge in [0.1, 0.15) is 18.0 Å². The molecule has 3 N–H and O–H groups in total. The summed E-state index contributed by atoms with van der Waals surface area (Å²) in [5.41, 5.74) is 4.86. The van der Waals surface area contributed by atoms with E-state index >= 15 is 0 Å². The van der Waals surface area contributed by atoms with Gasteiger partial charge in [-0.15, -0.1) is 10.2 Å². The molecule has 0 spiro atoms. The molecular formula is C17H12ClF2N5O2S. The first-order valence-corrected chi connectivity index (χ1v) is 9.09. The zero-order chi connectivity index (χ0) is 20.3. The average Bonchev–Trinajstić information content (AvgIpc) is 3.10. The van der Waals surface area contributed by atoms with Crippen LogP contribution < -0.4 is 11.1 Å². The highest BCUT2D eigenvalue weighted by Crippen LogP contribution is 2.23. The van der Waals surface area contributed by atoms with Gasteiger partial charge >= 0.3 is 0 Å². The summed E-state index contributed by atoms with van der Waals surface area (Å²) in [6.07, 6.45) is 1.46. The molecule has 2 amide bonds. The van der Waals surface area contributed by atoms with Gasteiger partial charge in [-0.3, -0.25) is 14.2 Å². The predicted octanol–water partition coefficient (Wildman–Crippen LogP) is 3.03. The maximum absolute atomic E-state index is 13.8. The van der Waals surface area contributed by atoms with Gasteiger partial charge in [-0.1, -0.05) is 29.4 Å². The first-order chi connectivity index (χ1) is 13.3. The third kappa shape index (κ3) is 4.46. The summed E-state index contributed by atoms with van der Waals surface area (Å²) >= 11 is 7.02. The van der Waals surface area contributed by atoms with E-state index in [0.717, 1.165) is 17.8 Å². The number of nitrogens with two attached hydrogens (primary N) is 1. The largest absolute Gasteiger partial charge is 0.366 e. The van der Waals surface area contributed by atoms with Gasteiger partial charge in [0.15, 0.2) is 5.16 Å². The molecule has 0 aliphatic heterocycles. The van der Waals surface area contributed by atoms with E-state index < -0.39 is 29.0 Å². The lowest BCUT2D eigenvalue weighted by Gasteiger charge is -2.09. The summed E-state index contributed by atoms with van der Waals surface area (Å²) in [5.74, 6) is -3.93. The van der Waals surface area contributed by atoms with Crippen molar-refractivity contribution < 1.29 is 18.4 Å². The number of nitrogens with one attached hydrogen (secondary N) is 1. The zero-order valence-electron chi connectivity index (χ0n) is 14.0. The van der Waals surface area contributed by atoms with Crippen LogP contribution in [0.5, 0.6) is 0 Å². The topological polar surface area (TPSA) is 103 Å². The molecule has 0 radical (unpaired) electrons. The van der Waals surface area contributed by atoms with Crippen molar-refractivity contribution in [1.29, 1.82) is 0 Å². The molecular weight excluding hydrogens is 412 g/mol. The van der Waals surface area contributed by atoms with Crippen molar-refractivity contribution in [3.8, 4) is 5.69 Å². The number of benzene rings is 2. The molecule has 0 bridgehead atoms. The summed E-state index contributed by atoms with van der Waals surface area (Å²) < 4.78 is 29.0. The SMILES string of the molecule is NC(=O)c1cc(NC(=O)CSc2nncn2-c2cccc(Cl)c2)c(F)cc1F. The Morgan fingerprint density at radius 2 is 2.00 bits per heavy atom. The van der Waals surface area contributed by atoms with Crippen molar-refractivity contribution in [3.05, 3.63) is 64.9 Å². The molecule has 0 saturated carbocycles. The first kappa shape index (κ1) is 19.8. The molecule has 3 aromatic rings. The van der Waals surface area contributed by atoms with Crippen LogP contribution in [0.15, 0.2) is 47.9 Å². The van der Waals surface area contributed by atoms with Crippen LogP contribution in [-0.4, -0.2) is 32.3 Å². The number of rotatable bonds is 6. The Bertz CT molecular complexity index is 1060. The van der Waals surface area contributed by atoms with E-state index in [1.54, 1.807) is 28.8 Å². The van der Waals surface area contributed by atoms with Crippen molar-refractivity contribution in [2.24, 2.45) is 5.73 Å². The number of hydrogen-bond acceptors (Lipinski definition) is 5. The molecule has 28 heavy (non-hydrogen) atoms. The van der Waals surface area contributed by atoms with Gasteiger partial charge in [0.2, 0.25) is 5.91 Å². The first-order valence-electron chi connectivity index (χ1n) is 7.72. The molecule has 2 aromatic carbocycles. The standard InChI is InChI=1S/C17H12ClF2N5O2S/c18-9-2-1-3-10(4-9)25-8-22-24-17(25)28-7-15(26)23-14-5-11(16(21)27)12(19)6-13(14)20/h1-6,8H,7H2,(H2,21,27)(H,23,26). The van der Waals surface area contributed by atoms with Gasteiger partial charge in [0.25, 0.3) is 5.91 Å². The molecule has 0 aliphatic rings. The van der Waals surface area contributed by atoms with Crippen molar-refractivity contribution in [3.63, 3.8) is 0 Å². The highest BCUT2D eigenvalue weighted by Gasteiger charge is 2.16. The van der Waals surface area contributed by atoms with Gasteiger partial charge in [-0.2, -0.15) is 0 Å². The fourth-order valence-electron chi connectivity index (χ4n) is 2.28. The van der Waals surface area contributed by atoms with Gasteiger partial charge in [0.05, 0.1) is 22.7 Å². The lowest BCUT2D eigenvalue weighted by molar-refractivity contribution is -0.113. The molecule has 0 fully saturated rings. The fraction of sp³-hybridized carbons (Fsp3) is 0.0588. The Hall–Kier alpha value is -2.98. The van der Waals surface area contributed by atoms with Gasteiger partial charge in [-0.25, -0.2) is 8.78 Å². The minimum atomic E-state index is -1.10. The Kier molecular flexibility index (Phi) is 5.90. The normalized spacial score (nSPS) is 10.7. The smallest absolute Gasteiger partial charge is 0.251 e. The Morgan fingerprint density at radius 1 is 1.21 bits per heavy atom. The Morgan fingerprint density at radius 3 is 2.71 bits per heavy atom. The predicted molar refractivity (Wildman–Crippen MR) is 101 cm³/mol. The number of thioether (sulfide) groups is 1. The van der Waals surface area contributed by atoms with Crippen molar-refractivity contribution >= 4 is 40.9 Å². The van der Waals surface area contributed by atoms with E-state index in [1.807, 2.05) is 0 Å². The molecule has 11 heteroatoms. The summed E-state index contributed by atoms with van der Waals surface area (Å²) in [5, 5.41) is 11.0. The third-order valence-electron chi connectivity index (χ3n) is 3.53. The van der Waals surface area contributed by atoms with Crippen LogP contribution in [0, 0.1) is 11.6 Å². The monoisotopic (exact) mass is 423 g/mol. The van der Waals surface area contributed by atoms with Crippen molar-refractivity contribution in [2.75, 3.05) is 11.1 Å². The number of anilines is 1. The highest BCUT2D eigenvalue weighted by molar-refractivity contribution is 7.99. The molecule has 0 atom stereocenters. The number of carbonyl (C=O) groups excluding carboxylic acids is 2. The van der Waals surface area contributed by atoms with E-state index in [1.165, 1.54) is 6.33 Å². The quantitative estimate of drug-likeness (QED) is 0.593. The molecule has 3 rings (SSSR count). The second-order valence-corrected chi connectivity index (χ2v) is 6.86. The molecule has 1 heterocycles. The summed E-state index contributed by atoms with van der Waals surface area (Å²) in [4.78, 5) is 23.3. The van der Waals surface area contributed by atoms with Crippen LogP contribution in [-0.2, 0) is 4.79 Å². The van der Waals surface area contributed by atoms with Crippen molar-refractivity contribution in [2.45, 2.75) is 5.16 Å². The van der Waals surface area contributed by atoms with E-state index in [0.29, 0.717) is 21.9 Å². The lowest BCUT2D eigenvalue weighted by Crippen LogP contribution is -2.18. The number of aromatic nitrogens is 3. The summed E-state index contributed by atoms with van der Waals surface area (Å²) in [7, 11) is 0. The van der Waals surface area contributed by atoms with E-state index in [-0.39, 0.29) is 11.4 Å². The van der Waals surface area contributed by atoms with Crippen LogP contribution in [0.4, 0.5) is 14.5 Å². The molecule has 1 aromatic heterocycles. The van der Waals surface area contributed by atoms with Crippen LogP contribution in [0.25, 0.3) is 5.69 Å². The van der Waals surface area contributed by atoms with Crippen LogP contribution >= 0.6 is 23.4 Å². The van der Waals surface area contributed by atoms with E-state index in [9.17, 15) is 18.4 Å². The maximum atomic E-state index is 13.8. The molecule has 0 aliphatic carbocycles. The second-order valence-electron chi connectivity index (χ2n) is 5.48. The fourth-order valence-corrected chi connectivity index (χ4v) is 3.19. The Labute approximate surface area is 166 Å². The van der Waals surface area contributed by atoms with E-state index in [4.69, 9.17) is 17.3 Å². The Balaban J connectivity index is 1.70. The summed E-state index contributed by atoms with van der Waals surface area (Å²) in [6, 6.07) is 8.30. The summed E-state index contributed by atoms with van der Waals surface area (Å²) in [6.45, 7) is 0. The molecule has 0 unspecified atom stereocenters. The van der Waals surface area contributed by atoms with Gasteiger partial charge in [-0.05, 0) is 24.3 Å². The molecule has 0 saturated heterocycles. The number of carbonyl (C=O) groups is 2. The number of amides is 2. The minimum absolute atomic E-state index is 0.137. The highest BCUT2D eigenvalue weighted by atomic mass is 35.5. The van der Waals surface area contributed by atoms with E-state index in [2.05, 4.69) is 15.5 Å². The van der Waals surface area contributed by atoms with Gasteiger partial charge < -0.3 is 11.1 Å². The van der Waals surface area contributed by atoms with Crippen LogP contribution in [0.2, 0.25) is 5.02 Å². The number of hydrogen-bond donors (Lipinski definition) is 2. The number of nitrogens with zero attached hydrogens (tertiary/aromatic N) is 3. The molecule has 144 valence electrons. The second kappa shape index (κ2) is 8.36.